The lowest BCUT2D eigenvalue weighted by molar-refractivity contribution is 0.372. The fourth-order valence-corrected chi connectivity index (χ4v) is 2.18. The summed E-state index contributed by atoms with van der Waals surface area (Å²) in [4.78, 5) is 16.4. The summed E-state index contributed by atoms with van der Waals surface area (Å²) in [6, 6.07) is 5.05. The van der Waals surface area contributed by atoms with E-state index in [4.69, 9.17) is 10.5 Å². The quantitative estimate of drug-likeness (QED) is 0.837. The molecule has 0 saturated heterocycles. The Morgan fingerprint density at radius 2 is 2.15 bits per heavy atom. The molecule has 0 fully saturated rings. The van der Waals surface area contributed by atoms with Crippen LogP contribution in [-0.4, -0.2) is 42.1 Å². The number of nitrogens with two attached hydrogens (primary N) is 1. The number of rotatable bonds is 3. The topological polar surface area (TPSA) is 105 Å². The Hall–Kier alpha value is -2.54. The molecule has 7 heteroatoms. The van der Waals surface area contributed by atoms with Gasteiger partial charge in [0.05, 0.1) is 7.11 Å². The van der Waals surface area contributed by atoms with Crippen molar-refractivity contribution in [1.82, 2.24) is 0 Å². The number of fused-ring (bicyclic) bond motifs is 1. The van der Waals surface area contributed by atoms with E-state index in [1.807, 2.05) is 0 Å². The Morgan fingerprint density at radius 1 is 1.30 bits per heavy atom. The molecule has 2 aliphatic heterocycles. The van der Waals surface area contributed by atoms with E-state index in [1.54, 1.807) is 18.2 Å². The summed E-state index contributed by atoms with van der Waals surface area (Å²) < 4.78 is 5.09. The number of phenolic OH excluding ortho intramolecular Hbond substituents is 1. The largest absolute Gasteiger partial charge is 0.504 e. The highest BCUT2D eigenvalue weighted by atomic mass is 16.5. The number of phenols is 1. The lowest BCUT2D eigenvalue weighted by atomic mass is 9.94. The second kappa shape index (κ2) is 4.53. The van der Waals surface area contributed by atoms with E-state index < -0.39 is 5.66 Å². The fraction of sp³-hybridized carbons (Fsp3) is 0.231. The summed E-state index contributed by atoms with van der Waals surface area (Å²) >= 11 is 0. The van der Waals surface area contributed by atoms with E-state index in [9.17, 15) is 5.11 Å². The van der Waals surface area contributed by atoms with Gasteiger partial charge in [-0.25, -0.2) is 20.0 Å². The van der Waals surface area contributed by atoms with E-state index in [2.05, 4.69) is 20.0 Å². The number of nitrogens with zero attached hydrogens (tertiary/aromatic N) is 4. The van der Waals surface area contributed by atoms with Crippen LogP contribution >= 0.6 is 0 Å². The van der Waals surface area contributed by atoms with Crippen LogP contribution in [0.15, 0.2) is 38.2 Å². The van der Waals surface area contributed by atoms with Gasteiger partial charge < -0.3 is 15.6 Å². The minimum atomic E-state index is -1.00. The summed E-state index contributed by atoms with van der Waals surface area (Å²) in [5.74, 6) is 0.968. The molecular formula is C13H13N5O2. The van der Waals surface area contributed by atoms with Crippen LogP contribution in [0.25, 0.3) is 0 Å². The van der Waals surface area contributed by atoms with Crippen molar-refractivity contribution in [1.29, 1.82) is 0 Å². The number of aromatic hydroxyl groups is 1. The van der Waals surface area contributed by atoms with Crippen LogP contribution in [0.5, 0.6) is 11.5 Å². The molecule has 0 aliphatic carbocycles. The van der Waals surface area contributed by atoms with Gasteiger partial charge in [-0.05, 0) is 17.7 Å². The molecule has 0 saturated carbocycles. The maximum Gasteiger partial charge on any atom is 0.180 e. The van der Waals surface area contributed by atoms with Crippen molar-refractivity contribution < 1.29 is 9.84 Å². The molecule has 1 aromatic carbocycles. The first-order valence-corrected chi connectivity index (χ1v) is 6.00. The van der Waals surface area contributed by atoms with Crippen LogP contribution in [0.2, 0.25) is 0 Å². The van der Waals surface area contributed by atoms with E-state index in [0.717, 1.165) is 5.56 Å². The highest BCUT2D eigenvalue weighted by Crippen LogP contribution is 2.29. The minimum absolute atomic E-state index is 0.0817. The van der Waals surface area contributed by atoms with Crippen molar-refractivity contribution >= 4 is 24.2 Å². The molecule has 1 aromatic rings. The number of aliphatic imine (C=N–C) groups is 4. The van der Waals surface area contributed by atoms with Crippen LogP contribution in [0.1, 0.15) is 5.56 Å². The summed E-state index contributed by atoms with van der Waals surface area (Å²) in [7, 11) is 1.50. The normalized spacial score (nSPS) is 23.3. The minimum Gasteiger partial charge on any atom is -0.504 e. The predicted octanol–water partition coefficient (Wildman–Crippen LogP) is 0.522. The molecule has 3 rings (SSSR count). The molecule has 0 spiro atoms. The van der Waals surface area contributed by atoms with Crippen LogP contribution < -0.4 is 10.5 Å². The van der Waals surface area contributed by atoms with Gasteiger partial charge in [0.25, 0.3) is 0 Å². The molecule has 0 bridgehead atoms. The Balaban J connectivity index is 1.91. The molecule has 102 valence electrons. The summed E-state index contributed by atoms with van der Waals surface area (Å²) in [6.07, 6.45) is 3.22. The highest BCUT2D eigenvalue weighted by molar-refractivity contribution is 6.50. The number of benzene rings is 1. The van der Waals surface area contributed by atoms with Gasteiger partial charge in [0.1, 0.15) is 18.4 Å². The van der Waals surface area contributed by atoms with Crippen molar-refractivity contribution in [3.05, 3.63) is 23.8 Å². The Kier molecular flexibility index (Phi) is 2.83. The lowest BCUT2D eigenvalue weighted by Gasteiger charge is -2.26. The third-order valence-electron chi connectivity index (χ3n) is 3.17. The van der Waals surface area contributed by atoms with Crippen molar-refractivity contribution in [2.75, 3.05) is 7.11 Å². The molecule has 2 heterocycles. The average molecular weight is 271 g/mol. The number of amidine groups is 1. The van der Waals surface area contributed by atoms with Gasteiger partial charge in [-0.1, -0.05) is 6.07 Å². The van der Waals surface area contributed by atoms with E-state index in [1.165, 1.54) is 19.8 Å². The van der Waals surface area contributed by atoms with Gasteiger partial charge in [0.2, 0.25) is 0 Å². The summed E-state index contributed by atoms with van der Waals surface area (Å²) in [5.41, 5.74) is 6.73. The monoisotopic (exact) mass is 271 g/mol. The van der Waals surface area contributed by atoms with E-state index >= 15 is 0 Å². The number of methoxy groups -OCH3 is 1. The van der Waals surface area contributed by atoms with Gasteiger partial charge in [0.15, 0.2) is 23.0 Å². The second-order valence-corrected chi connectivity index (χ2v) is 4.53. The van der Waals surface area contributed by atoms with Gasteiger partial charge in [-0.2, -0.15) is 0 Å². The summed E-state index contributed by atoms with van der Waals surface area (Å²) in [6.45, 7) is 0. The van der Waals surface area contributed by atoms with Crippen LogP contribution in [-0.2, 0) is 6.42 Å². The van der Waals surface area contributed by atoms with Crippen molar-refractivity contribution in [2.24, 2.45) is 25.7 Å². The molecule has 1 atom stereocenters. The number of hydrogen-bond donors (Lipinski definition) is 2. The Bertz CT molecular complexity index is 677. The zero-order valence-electron chi connectivity index (χ0n) is 10.8. The van der Waals surface area contributed by atoms with E-state index in [0.29, 0.717) is 23.7 Å². The maximum atomic E-state index is 9.61. The smallest absolute Gasteiger partial charge is 0.180 e. The van der Waals surface area contributed by atoms with Crippen LogP contribution in [0.3, 0.4) is 0 Å². The molecule has 1 unspecified atom stereocenters. The molecule has 20 heavy (non-hydrogen) atoms. The van der Waals surface area contributed by atoms with Gasteiger partial charge in [-0.15, -0.1) is 0 Å². The molecule has 3 N–H and O–H groups in total. The number of ether oxygens (including phenoxy) is 1. The molecular weight excluding hydrogens is 258 g/mol. The molecule has 7 nitrogen and oxygen atoms in total. The first-order valence-electron chi connectivity index (χ1n) is 6.00. The Labute approximate surface area is 115 Å². The average Bonchev–Trinajstić information content (AvgIpc) is 2.91. The Morgan fingerprint density at radius 3 is 2.95 bits per heavy atom. The molecule has 0 aromatic heterocycles. The highest BCUT2D eigenvalue weighted by Gasteiger charge is 2.37. The van der Waals surface area contributed by atoms with Crippen LogP contribution in [0, 0.1) is 0 Å². The predicted molar refractivity (Wildman–Crippen MR) is 77.1 cm³/mol. The van der Waals surface area contributed by atoms with Gasteiger partial charge in [0, 0.05) is 6.42 Å². The third-order valence-corrected chi connectivity index (χ3v) is 3.17. The first kappa shape index (κ1) is 12.5. The second-order valence-electron chi connectivity index (χ2n) is 4.53. The zero-order chi connectivity index (χ0) is 14.2. The maximum absolute atomic E-state index is 9.61. The SMILES string of the molecule is COc1cc(CC2(N)N=CN=C3N=CN=C32)ccc1O. The van der Waals surface area contributed by atoms with Gasteiger partial charge >= 0.3 is 0 Å². The first-order chi connectivity index (χ1) is 9.62. The number of hydrogen-bond acceptors (Lipinski definition) is 7. The fourth-order valence-electron chi connectivity index (χ4n) is 2.18. The zero-order valence-corrected chi connectivity index (χ0v) is 10.8. The lowest BCUT2D eigenvalue weighted by Crippen LogP contribution is -2.52. The third kappa shape index (κ3) is 1.97. The molecule has 0 amide bonds. The van der Waals surface area contributed by atoms with Crippen molar-refractivity contribution in [3.63, 3.8) is 0 Å². The molecule has 2 aliphatic rings. The molecule has 0 radical (unpaired) electrons. The van der Waals surface area contributed by atoms with Gasteiger partial charge in [-0.3, -0.25) is 0 Å². The standard InChI is InChI=1S/C13H13N5O2/c1-20-10-4-8(2-3-9(10)19)5-13(14)11-12(16-6-15-11)17-7-18-13/h2-4,6-7,19H,5,14H2,1H3. The summed E-state index contributed by atoms with van der Waals surface area (Å²) in [5, 5.41) is 9.61. The van der Waals surface area contributed by atoms with Crippen molar-refractivity contribution in [3.8, 4) is 11.5 Å². The van der Waals surface area contributed by atoms with Crippen LogP contribution in [0.4, 0.5) is 0 Å². The van der Waals surface area contributed by atoms with E-state index in [-0.39, 0.29) is 5.75 Å². The van der Waals surface area contributed by atoms with Crippen molar-refractivity contribution in [2.45, 2.75) is 12.1 Å².